The molecule has 7 nitrogen and oxygen atoms in total. The third kappa shape index (κ3) is 2.24. The van der Waals surface area contributed by atoms with E-state index in [4.69, 9.17) is 9.47 Å². The monoisotopic (exact) mass is 399 g/mol. The van der Waals surface area contributed by atoms with E-state index in [0.717, 1.165) is 25.7 Å². The van der Waals surface area contributed by atoms with Gasteiger partial charge in [-0.25, -0.2) is 4.79 Å². The number of carbonyl (C=O) groups is 2. The van der Waals surface area contributed by atoms with Crippen molar-refractivity contribution in [2.24, 2.45) is 34.5 Å². The van der Waals surface area contributed by atoms with Crippen LogP contribution in [0.5, 0.6) is 0 Å². The molecule has 7 heteroatoms. The van der Waals surface area contributed by atoms with Gasteiger partial charge in [-0.05, 0) is 67.9 Å². The second kappa shape index (κ2) is 5.58. The molecule has 0 aliphatic heterocycles. The quantitative estimate of drug-likeness (QED) is 0.435. The number of fused-ring (bicyclic) bond motifs is 1. The third-order valence-corrected chi connectivity index (χ3v) is 8.60. The fourth-order valence-electron chi connectivity index (χ4n) is 7.55. The average Bonchev–Trinajstić information content (AvgIpc) is 3.30. The van der Waals surface area contributed by atoms with Crippen molar-refractivity contribution in [2.75, 3.05) is 7.11 Å². The average molecular weight is 399 g/mol. The number of hydrogen-bond donors (Lipinski definition) is 0. The number of nitro groups is 1. The maximum atomic E-state index is 12.8. The number of nitro benzene ring substituents is 1. The highest BCUT2D eigenvalue weighted by Crippen LogP contribution is 2.82. The lowest BCUT2D eigenvalue weighted by Gasteiger charge is -2.48. The third-order valence-electron chi connectivity index (χ3n) is 8.60. The van der Waals surface area contributed by atoms with E-state index in [1.807, 2.05) is 6.92 Å². The number of hydrogen-bond acceptors (Lipinski definition) is 6. The van der Waals surface area contributed by atoms with Gasteiger partial charge in [0.2, 0.25) is 0 Å². The lowest BCUT2D eigenvalue weighted by atomic mass is 9.63. The summed E-state index contributed by atoms with van der Waals surface area (Å²) in [6, 6.07) is 5.56. The molecule has 7 atom stereocenters. The predicted octanol–water partition coefficient (Wildman–Crippen LogP) is 3.76. The van der Waals surface area contributed by atoms with Crippen molar-refractivity contribution in [3.63, 3.8) is 0 Å². The van der Waals surface area contributed by atoms with Crippen molar-refractivity contribution in [1.82, 2.24) is 0 Å². The van der Waals surface area contributed by atoms with Gasteiger partial charge in [-0.2, -0.15) is 0 Å². The molecule has 154 valence electrons. The van der Waals surface area contributed by atoms with Crippen molar-refractivity contribution in [3.05, 3.63) is 39.9 Å². The Balaban J connectivity index is 1.37. The molecule has 0 N–H and O–H groups in total. The Labute approximate surface area is 168 Å². The largest absolute Gasteiger partial charge is 0.469 e. The number of methoxy groups -OCH3 is 1. The van der Waals surface area contributed by atoms with Crippen LogP contribution in [0.2, 0.25) is 0 Å². The molecule has 0 amide bonds. The molecule has 0 aromatic heterocycles. The number of carbonyl (C=O) groups excluding carboxylic acids is 2. The molecule has 0 saturated heterocycles. The number of esters is 2. The van der Waals surface area contributed by atoms with Gasteiger partial charge in [0, 0.05) is 18.1 Å². The van der Waals surface area contributed by atoms with Crippen LogP contribution < -0.4 is 0 Å². The van der Waals surface area contributed by atoms with Crippen LogP contribution in [0.3, 0.4) is 0 Å². The summed E-state index contributed by atoms with van der Waals surface area (Å²) in [6.45, 7) is 4.30. The van der Waals surface area contributed by atoms with E-state index >= 15 is 0 Å². The van der Waals surface area contributed by atoms with Crippen molar-refractivity contribution in [1.29, 1.82) is 0 Å². The summed E-state index contributed by atoms with van der Waals surface area (Å²) in [5, 5.41) is 10.8. The molecule has 0 spiro atoms. The normalized spacial score (nSPS) is 43.4. The van der Waals surface area contributed by atoms with Gasteiger partial charge in [0.15, 0.2) is 0 Å². The Kier molecular flexibility index (Phi) is 3.58. The van der Waals surface area contributed by atoms with Gasteiger partial charge < -0.3 is 9.47 Å². The first-order valence-corrected chi connectivity index (χ1v) is 10.2. The maximum absolute atomic E-state index is 12.8. The van der Waals surface area contributed by atoms with Crippen LogP contribution in [-0.4, -0.2) is 29.6 Å². The fourth-order valence-corrected chi connectivity index (χ4v) is 7.55. The van der Waals surface area contributed by atoms with Crippen LogP contribution in [0.1, 0.15) is 49.9 Å². The lowest BCUT2D eigenvalue weighted by Crippen LogP contribution is -2.52. The zero-order valence-corrected chi connectivity index (χ0v) is 16.8. The van der Waals surface area contributed by atoms with Gasteiger partial charge in [-0.1, -0.05) is 6.92 Å². The van der Waals surface area contributed by atoms with E-state index in [0.29, 0.717) is 29.2 Å². The summed E-state index contributed by atoms with van der Waals surface area (Å²) < 4.78 is 11.2. The van der Waals surface area contributed by atoms with Crippen molar-refractivity contribution >= 4 is 17.6 Å². The van der Waals surface area contributed by atoms with E-state index in [9.17, 15) is 19.7 Å². The Morgan fingerprint density at radius 2 is 1.79 bits per heavy atom. The summed E-state index contributed by atoms with van der Waals surface area (Å²) in [7, 11) is 1.45. The standard InChI is InChI=1S/C22H25NO6/c1-20(19(25)28-3)8-14-15(9-20)21(2)11-22(10-16(21)17(14)22)29-18(24)12-4-6-13(7-5-12)23(26)27/h4-7,14-17H,8-11H2,1-3H3/t14-,15+,16+,17+,20-,21-,22-/m0/s1. The molecule has 6 rings (SSSR count). The second-order valence-corrected chi connectivity index (χ2v) is 10.0. The minimum Gasteiger partial charge on any atom is -0.469 e. The summed E-state index contributed by atoms with van der Waals surface area (Å²) in [5.41, 5.74) is -0.530. The second-order valence-electron chi connectivity index (χ2n) is 10.0. The summed E-state index contributed by atoms with van der Waals surface area (Å²) >= 11 is 0. The molecule has 0 unspecified atom stereocenters. The van der Waals surface area contributed by atoms with Crippen molar-refractivity contribution in [2.45, 2.75) is 45.1 Å². The minimum atomic E-state index is -0.486. The summed E-state index contributed by atoms with van der Waals surface area (Å²) in [5.74, 6) is 1.13. The molecule has 4 bridgehead atoms. The van der Waals surface area contributed by atoms with Crippen molar-refractivity contribution < 1.29 is 24.0 Å². The first kappa shape index (κ1) is 18.6. The number of ether oxygens (including phenoxy) is 2. The van der Waals surface area contributed by atoms with Gasteiger partial charge in [-0.3, -0.25) is 14.9 Å². The maximum Gasteiger partial charge on any atom is 0.338 e. The Hall–Kier alpha value is -2.44. The van der Waals surface area contributed by atoms with E-state index < -0.39 is 21.9 Å². The first-order valence-electron chi connectivity index (χ1n) is 10.2. The van der Waals surface area contributed by atoms with Gasteiger partial charge in [-0.15, -0.1) is 0 Å². The number of rotatable bonds is 4. The molecule has 1 aromatic rings. The highest BCUT2D eigenvalue weighted by Gasteiger charge is 2.82. The highest BCUT2D eigenvalue weighted by atomic mass is 16.6. The van der Waals surface area contributed by atoms with E-state index in [-0.39, 0.29) is 17.1 Å². The van der Waals surface area contributed by atoms with Crippen LogP contribution in [0.4, 0.5) is 5.69 Å². The van der Waals surface area contributed by atoms with Crippen LogP contribution in [-0.2, 0) is 14.3 Å². The molecule has 5 saturated carbocycles. The molecule has 29 heavy (non-hydrogen) atoms. The summed E-state index contributed by atoms with van der Waals surface area (Å²) in [6.07, 6.45) is 3.36. The zero-order valence-electron chi connectivity index (χ0n) is 16.8. The van der Waals surface area contributed by atoms with Crippen LogP contribution in [0.25, 0.3) is 0 Å². The molecule has 5 fully saturated rings. The van der Waals surface area contributed by atoms with Gasteiger partial charge in [0.25, 0.3) is 5.69 Å². The smallest absolute Gasteiger partial charge is 0.338 e. The highest BCUT2D eigenvalue weighted by molar-refractivity contribution is 5.90. The Morgan fingerprint density at radius 3 is 2.41 bits per heavy atom. The van der Waals surface area contributed by atoms with Crippen LogP contribution >= 0.6 is 0 Å². The Bertz CT molecular complexity index is 928. The lowest BCUT2D eigenvalue weighted by molar-refractivity contribution is -0.384. The molecule has 1 aromatic carbocycles. The van der Waals surface area contributed by atoms with E-state index in [1.165, 1.54) is 31.4 Å². The Morgan fingerprint density at radius 1 is 1.10 bits per heavy atom. The molecular weight excluding hydrogens is 374 g/mol. The van der Waals surface area contributed by atoms with Crippen molar-refractivity contribution in [3.8, 4) is 0 Å². The molecule has 5 aliphatic rings. The van der Waals surface area contributed by atoms with E-state index in [2.05, 4.69) is 6.92 Å². The first-order chi connectivity index (χ1) is 13.6. The van der Waals surface area contributed by atoms with Gasteiger partial charge in [0.1, 0.15) is 5.60 Å². The molecule has 0 heterocycles. The SMILES string of the molecule is COC(=O)[C@@]1(C)C[C@@H]2[C@@H]3[C@H]4C[C@]3(OC(=O)c3ccc([N+](=O)[O-])cc3)C[C@@]4(C)[C@@H]2C1. The topological polar surface area (TPSA) is 95.7 Å². The minimum absolute atomic E-state index is 0.0493. The molecular formula is C22H25NO6. The number of non-ortho nitro benzene ring substituents is 1. The fraction of sp³-hybridized carbons (Fsp3) is 0.636. The number of nitrogens with zero attached hydrogens (tertiary/aromatic N) is 1. The molecule has 5 aliphatic carbocycles. The predicted molar refractivity (Wildman–Crippen MR) is 102 cm³/mol. The van der Waals surface area contributed by atoms with E-state index in [1.54, 1.807) is 0 Å². The summed E-state index contributed by atoms with van der Waals surface area (Å²) in [4.78, 5) is 35.5. The van der Waals surface area contributed by atoms with Crippen LogP contribution in [0.15, 0.2) is 24.3 Å². The van der Waals surface area contributed by atoms with Gasteiger partial charge in [0.05, 0.1) is 23.0 Å². The molecule has 0 radical (unpaired) electrons. The van der Waals surface area contributed by atoms with Gasteiger partial charge >= 0.3 is 11.9 Å². The van der Waals surface area contributed by atoms with Crippen LogP contribution in [0, 0.1) is 44.6 Å². The zero-order chi connectivity index (χ0) is 20.8. The number of benzene rings is 1.